The number of benzene rings is 1. The molecule has 7 heteroatoms. The molecular weight excluding hydrogens is 334 g/mol. The predicted octanol–water partition coefficient (Wildman–Crippen LogP) is 1.72. The third-order valence-corrected chi connectivity index (χ3v) is 4.75. The summed E-state index contributed by atoms with van der Waals surface area (Å²) in [7, 11) is 0. The van der Waals surface area contributed by atoms with Gasteiger partial charge < -0.3 is 20.2 Å². The molecule has 2 unspecified atom stereocenters. The molecular formula is C19H27N3O4. The standard InChI is InChI=1S/C19H27N3O4/c1-3-21-11-12-22(14(2)18(21)25)19(26)20-16(9-10-17(23)24)13-15-7-5-4-6-8-15/h4-8,14,16H,3,9-13H2,1-2H3,(H,20,26)(H,23,24). The highest BCUT2D eigenvalue weighted by Gasteiger charge is 2.34. The van der Waals surface area contributed by atoms with Gasteiger partial charge in [0.15, 0.2) is 0 Å². The van der Waals surface area contributed by atoms with Crippen LogP contribution in [0.25, 0.3) is 0 Å². The van der Waals surface area contributed by atoms with Gasteiger partial charge in [-0.3, -0.25) is 9.59 Å². The third-order valence-electron chi connectivity index (χ3n) is 4.75. The van der Waals surface area contributed by atoms with E-state index in [4.69, 9.17) is 5.11 Å². The maximum atomic E-state index is 12.7. The first-order valence-corrected chi connectivity index (χ1v) is 9.04. The second-order valence-corrected chi connectivity index (χ2v) is 6.56. The van der Waals surface area contributed by atoms with Crippen molar-refractivity contribution < 1.29 is 19.5 Å². The van der Waals surface area contributed by atoms with Crippen LogP contribution in [-0.2, 0) is 16.0 Å². The Morgan fingerprint density at radius 2 is 1.96 bits per heavy atom. The molecule has 3 amide bonds. The van der Waals surface area contributed by atoms with Gasteiger partial charge in [0.25, 0.3) is 0 Å². The van der Waals surface area contributed by atoms with Gasteiger partial charge >= 0.3 is 12.0 Å². The summed E-state index contributed by atoms with van der Waals surface area (Å²) in [5, 5.41) is 11.9. The molecule has 1 heterocycles. The fourth-order valence-electron chi connectivity index (χ4n) is 3.20. The molecule has 1 aromatic carbocycles. The van der Waals surface area contributed by atoms with E-state index < -0.39 is 12.0 Å². The predicted molar refractivity (Wildman–Crippen MR) is 97.8 cm³/mol. The number of likely N-dealkylation sites (N-methyl/N-ethyl adjacent to an activating group) is 1. The SMILES string of the molecule is CCN1CCN(C(=O)NC(CCC(=O)O)Cc2ccccc2)C(C)C1=O. The third kappa shape index (κ3) is 5.21. The number of aliphatic carboxylic acids is 1. The van der Waals surface area contributed by atoms with E-state index in [1.54, 1.807) is 11.8 Å². The lowest BCUT2D eigenvalue weighted by atomic mass is 10.0. The second kappa shape index (κ2) is 9.22. The maximum Gasteiger partial charge on any atom is 0.318 e. The Labute approximate surface area is 154 Å². The summed E-state index contributed by atoms with van der Waals surface area (Å²) in [5.41, 5.74) is 1.03. The quantitative estimate of drug-likeness (QED) is 0.774. The monoisotopic (exact) mass is 361 g/mol. The van der Waals surface area contributed by atoms with Crippen molar-refractivity contribution in [2.24, 2.45) is 0 Å². The van der Waals surface area contributed by atoms with Gasteiger partial charge in [-0.1, -0.05) is 30.3 Å². The van der Waals surface area contributed by atoms with Gasteiger partial charge in [0.1, 0.15) is 6.04 Å². The van der Waals surface area contributed by atoms with Crippen LogP contribution >= 0.6 is 0 Å². The largest absolute Gasteiger partial charge is 0.481 e. The highest BCUT2D eigenvalue weighted by atomic mass is 16.4. The van der Waals surface area contributed by atoms with Gasteiger partial charge in [-0.2, -0.15) is 0 Å². The van der Waals surface area contributed by atoms with Gasteiger partial charge in [-0.05, 0) is 32.3 Å². The lowest BCUT2D eigenvalue weighted by Gasteiger charge is -2.39. The molecule has 1 aromatic rings. The minimum atomic E-state index is -0.891. The number of piperazine rings is 1. The van der Waals surface area contributed by atoms with Crippen molar-refractivity contribution in [3.8, 4) is 0 Å². The number of hydrogen-bond acceptors (Lipinski definition) is 3. The highest BCUT2D eigenvalue weighted by molar-refractivity contribution is 5.88. The van der Waals surface area contributed by atoms with Crippen LogP contribution in [0.2, 0.25) is 0 Å². The lowest BCUT2D eigenvalue weighted by Crippen LogP contribution is -2.60. The first-order chi connectivity index (χ1) is 12.4. The molecule has 1 saturated heterocycles. The van der Waals surface area contributed by atoms with E-state index in [0.29, 0.717) is 32.5 Å². The van der Waals surface area contributed by atoms with E-state index in [-0.39, 0.29) is 24.4 Å². The summed E-state index contributed by atoms with van der Waals surface area (Å²) in [6.45, 7) is 5.28. The number of carboxylic acid groups (broad SMARTS) is 1. The molecule has 1 aliphatic heterocycles. The minimum absolute atomic E-state index is 0.0180. The smallest absolute Gasteiger partial charge is 0.318 e. The number of amides is 3. The molecule has 0 spiro atoms. The maximum absolute atomic E-state index is 12.7. The average molecular weight is 361 g/mol. The van der Waals surface area contributed by atoms with Crippen molar-refractivity contribution in [1.29, 1.82) is 0 Å². The first kappa shape index (κ1) is 19.8. The first-order valence-electron chi connectivity index (χ1n) is 9.04. The van der Waals surface area contributed by atoms with Crippen LogP contribution in [0.15, 0.2) is 30.3 Å². The Morgan fingerprint density at radius 3 is 2.58 bits per heavy atom. The molecule has 0 aliphatic carbocycles. The van der Waals surface area contributed by atoms with E-state index in [0.717, 1.165) is 5.56 Å². The number of nitrogens with zero attached hydrogens (tertiary/aromatic N) is 2. The number of carboxylic acids is 1. The fourth-order valence-corrected chi connectivity index (χ4v) is 3.20. The van der Waals surface area contributed by atoms with Gasteiger partial charge in [-0.15, -0.1) is 0 Å². The Hall–Kier alpha value is -2.57. The molecule has 2 rings (SSSR count). The molecule has 7 nitrogen and oxygen atoms in total. The summed E-state index contributed by atoms with van der Waals surface area (Å²) in [4.78, 5) is 39.2. The zero-order chi connectivity index (χ0) is 19.1. The van der Waals surface area contributed by atoms with Crippen molar-refractivity contribution in [2.45, 2.75) is 45.2 Å². The number of urea groups is 1. The van der Waals surface area contributed by atoms with Crippen LogP contribution < -0.4 is 5.32 Å². The van der Waals surface area contributed by atoms with Gasteiger partial charge in [-0.25, -0.2) is 4.79 Å². The topological polar surface area (TPSA) is 89.9 Å². The van der Waals surface area contributed by atoms with Crippen LogP contribution in [0.1, 0.15) is 32.3 Å². The van der Waals surface area contributed by atoms with Crippen LogP contribution in [0.4, 0.5) is 4.79 Å². The zero-order valence-electron chi connectivity index (χ0n) is 15.4. The molecule has 0 bridgehead atoms. The Kier molecular flexibility index (Phi) is 7.00. The van der Waals surface area contributed by atoms with E-state index in [1.807, 2.05) is 37.3 Å². The summed E-state index contributed by atoms with van der Waals surface area (Å²) >= 11 is 0. The zero-order valence-corrected chi connectivity index (χ0v) is 15.4. The van der Waals surface area contributed by atoms with E-state index in [2.05, 4.69) is 5.32 Å². The van der Waals surface area contributed by atoms with E-state index >= 15 is 0 Å². The van der Waals surface area contributed by atoms with Crippen molar-refractivity contribution >= 4 is 17.9 Å². The molecule has 1 fully saturated rings. The second-order valence-electron chi connectivity index (χ2n) is 6.56. The summed E-state index contributed by atoms with van der Waals surface area (Å²) in [5.74, 6) is -0.948. The normalized spacial score (nSPS) is 18.5. The summed E-state index contributed by atoms with van der Waals surface area (Å²) in [6, 6.07) is 8.51. The summed E-state index contributed by atoms with van der Waals surface area (Å²) < 4.78 is 0. The Balaban J connectivity index is 2.02. The highest BCUT2D eigenvalue weighted by Crippen LogP contribution is 2.13. The molecule has 0 saturated carbocycles. The molecule has 0 aromatic heterocycles. The number of carbonyl (C=O) groups is 3. The van der Waals surface area contributed by atoms with E-state index in [9.17, 15) is 14.4 Å². The summed E-state index contributed by atoms with van der Waals surface area (Å²) in [6.07, 6.45) is 0.875. The minimum Gasteiger partial charge on any atom is -0.481 e. The number of rotatable bonds is 7. The molecule has 2 N–H and O–H groups in total. The van der Waals surface area contributed by atoms with Crippen molar-refractivity contribution in [3.05, 3.63) is 35.9 Å². The molecule has 1 aliphatic rings. The average Bonchev–Trinajstić information content (AvgIpc) is 2.62. The molecule has 26 heavy (non-hydrogen) atoms. The molecule has 142 valence electrons. The van der Waals surface area contributed by atoms with Gasteiger partial charge in [0, 0.05) is 32.1 Å². The van der Waals surface area contributed by atoms with E-state index in [1.165, 1.54) is 4.90 Å². The molecule has 2 atom stereocenters. The lowest BCUT2D eigenvalue weighted by molar-refractivity contribution is -0.139. The Morgan fingerprint density at radius 1 is 1.27 bits per heavy atom. The van der Waals surface area contributed by atoms with Crippen LogP contribution in [0.3, 0.4) is 0 Å². The molecule has 0 radical (unpaired) electrons. The fraction of sp³-hybridized carbons (Fsp3) is 0.526. The number of carbonyl (C=O) groups excluding carboxylic acids is 2. The Bertz CT molecular complexity index is 635. The number of hydrogen-bond donors (Lipinski definition) is 2. The van der Waals surface area contributed by atoms with Crippen LogP contribution in [0, 0.1) is 0 Å². The van der Waals surface area contributed by atoms with Gasteiger partial charge in [0.2, 0.25) is 5.91 Å². The van der Waals surface area contributed by atoms with Crippen LogP contribution in [0.5, 0.6) is 0 Å². The van der Waals surface area contributed by atoms with Crippen molar-refractivity contribution in [2.75, 3.05) is 19.6 Å². The van der Waals surface area contributed by atoms with Crippen LogP contribution in [-0.4, -0.2) is 64.5 Å². The number of nitrogens with one attached hydrogen (secondary N) is 1. The van der Waals surface area contributed by atoms with Gasteiger partial charge in [0.05, 0.1) is 0 Å². The van der Waals surface area contributed by atoms with Crippen molar-refractivity contribution in [1.82, 2.24) is 15.1 Å². The van der Waals surface area contributed by atoms with Crippen molar-refractivity contribution in [3.63, 3.8) is 0 Å².